The first-order chi connectivity index (χ1) is 9.90. The van der Waals surface area contributed by atoms with Crippen LogP contribution in [-0.4, -0.2) is 17.3 Å². The lowest BCUT2D eigenvalue weighted by molar-refractivity contribution is 0.414. The Hall–Kier alpha value is -1.43. The SMILES string of the molecule is COc1ccc2c(C)c(-c3nnc(C(Cl)(Cl)Cl)o3)oc2c1. The molecule has 0 fully saturated rings. The van der Waals surface area contributed by atoms with Gasteiger partial charge in [0.05, 0.1) is 7.11 Å². The largest absolute Gasteiger partial charge is 0.497 e. The maximum Gasteiger partial charge on any atom is 0.284 e. The second-order valence-corrected chi connectivity index (χ2v) is 6.61. The summed E-state index contributed by atoms with van der Waals surface area (Å²) in [5, 5.41) is 8.48. The van der Waals surface area contributed by atoms with Crippen molar-refractivity contribution in [3.05, 3.63) is 29.7 Å². The van der Waals surface area contributed by atoms with Crippen LogP contribution in [0.1, 0.15) is 11.5 Å². The van der Waals surface area contributed by atoms with Gasteiger partial charge in [0.15, 0.2) is 5.76 Å². The fourth-order valence-electron chi connectivity index (χ4n) is 1.97. The molecule has 2 heterocycles. The predicted molar refractivity (Wildman–Crippen MR) is 80.0 cm³/mol. The first-order valence-electron chi connectivity index (χ1n) is 5.88. The van der Waals surface area contributed by atoms with Gasteiger partial charge < -0.3 is 13.6 Å². The zero-order chi connectivity index (χ0) is 15.2. The van der Waals surface area contributed by atoms with Gasteiger partial charge in [-0.3, -0.25) is 0 Å². The third-order valence-electron chi connectivity index (χ3n) is 3.01. The topological polar surface area (TPSA) is 61.3 Å². The normalized spacial score (nSPS) is 12.0. The summed E-state index contributed by atoms with van der Waals surface area (Å²) in [6.45, 7) is 1.88. The Morgan fingerprint density at radius 1 is 1.14 bits per heavy atom. The predicted octanol–water partition coefficient (Wildman–Crippen LogP) is 4.63. The molecule has 3 aromatic rings. The summed E-state index contributed by atoms with van der Waals surface area (Å²) >= 11 is 17.1. The summed E-state index contributed by atoms with van der Waals surface area (Å²) in [6, 6.07) is 5.51. The number of aromatic nitrogens is 2. The van der Waals surface area contributed by atoms with Crippen molar-refractivity contribution in [3.63, 3.8) is 0 Å². The number of hydrogen-bond donors (Lipinski definition) is 0. The number of halogens is 3. The molecule has 0 saturated heterocycles. The zero-order valence-corrected chi connectivity index (χ0v) is 13.3. The second kappa shape index (κ2) is 5.09. The molecule has 0 aliphatic heterocycles. The van der Waals surface area contributed by atoms with Crippen molar-refractivity contribution in [2.45, 2.75) is 10.7 Å². The number of rotatable bonds is 2. The van der Waals surface area contributed by atoms with E-state index in [-0.39, 0.29) is 11.8 Å². The molecule has 0 N–H and O–H groups in total. The first kappa shape index (κ1) is 14.5. The number of methoxy groups -OCH3 is 1. The molecule has 5 nitrogen and oxygen atoms in total. The summed E-state index contributed by atoms with van der Waals surface area (Å²) in [6.07, 6.45) is 0. The third kappa shape index (κ3) is 2.57. The second-order valence-electron chi connectivity index (χ2n) is 4.33. The van der Waals surface area contributed by atoms with E-state index in [0.717, 1.165) is 10.9 Å². The van der Waals surface area contributed by atoms with Crippen LogP contribution in [0.4, 0.5) is 0 Å². The van der Waals surface area contributed by atoms with E-state index in [1.807, 2.05) is 19.1 Å². The van der Waals surface area contributed by atoms with Crippen LogP contribution < -0.4 is 4.74 Å². The highest BCUT2D eigenvalue weighted by atomic mass is 35.6. The van der Waals surface area contributed by atoms with Gasteiger partial charge in [-0.15, -0.1) is 10.2 Å². The Balaban J connectivity index is 2.12. The molecule has 0 aliphatic rings. The Morgan fingerprint density at radius 2 is 1.90 bits per heavy atom. The first-order valence-corrected chi connectivity index (χ1v) is 7.01. The summed E-state index contributed by atoms with van der Waals surface area (Å²) < 4.78 is 14.5. The molecular formula is C13H9Cl3N2O3. The van der Waals surface area contributed by atoms with E-state index in [2.05, 4.69) is 10.2 Å². The smallest absolute Gasteiger partial charge is 0.284 e. The van der Waals surface area contributed by atoms with Gasteiger partial charge in [-0.2, -0.15) is 0 Å². The highest BCUT2D eigenvalue weighted by Crippen LogP contribution is 2.40. The number of benzene rings is 1. The molecule has 110 valence electrons. The molecular weight excluding hydrogens is 339 g/mol. The Kier molecular flexibility index (Phi) is 3.51. The third-order valence-corrected chi connectivity index (χ3v) is 3.49. The molecule has 1 aromatic carbocycles. The van der Waals surface area contributed by atoms with Gasteiger partial charge in [0.2, 0.25) is 0 Å². The monoisotopic (exact) mass is 346 g/mol. The summed E-state index contributed by atoms with van der Waals surface area (Å²) in [4.78, 5) is 0. The number of hydrogen-bond acceptors (Lipinski definition) is 5. The van der Waals surface area contributed by atoms with Gasteiger partial charge in [0.25, 0.3) is 15.6 Å². The van der Waals surface area contributed by atoms with Crippen molar-refractivity contribution in [2.75, 3.05) is 7.11 Å². The van der Waals surface area contributed by atoms with E-state index >= 15 is 0 Å². The van der Waals surface area contributed by atoms with Crippen molar-refractivity contribution in [2.24, 2.45) is 0 Å². The van der Waals surface area contributed by atoms with E-state index < -0.39 is 3.79 Å². The van der Waals surface area contributed by atoms with Crippen molar-refractivity contribution < 1.29 is 13.6 Å². The van der Waals surface area contributed by atoms with Crippen LogP contribution in [0.25, 0.3) is 22.6 Å². The summed E-state index contributed by atoms with van der Waals surface area (Å²) in [5.41, 5.74) is 1.50. The van der Waals surface area contributed by atoms with Gasteiger partial charge in [0, 0.05) is 17.0 Å². The Morgan fingerprint density at radius 3 is 2.52 bits per heavy atom. The lowest BCUT2D eigenvalue weighted by Crippen LogP contribution is -1.99. The number of aryl methyl sites for hydroxylation is 1. The molecule has 21 heavy (non-hydrogen) atoms. The fraction of sp³-hybridized carbons (Fsp3) is 0.231. The van der Waals surface area contributed by atoms with Crippen LogP contribution in [-0.2, 0) is 3.79 Å². The fourth-order valence-corrected chi connectivity index (χ4v) is 2.20. The molecule has 0 atom stereocenters. The van der Waals surface area contributed by atoms with Crippen LogP contribution >= 0.6 is 34.8 Å². The van der Waals surface area contributed by atoms with Crippen LogP contribution in [0.15, 0.2) is 27.0 Å². The van der Waals surface area contributed by atoms with E-state index in [4.69, 9.17) is 48.4 Å². The van der Waals surface area contributed by atoms with E-state index in [1.54, 1.807) is 13.2 Å². The Bertz CT molecular complexity index is 805. The van der Waals surface area contributed by atoms with Crippen molar-refractivity contribution in [1.29, 1.82) is 0 Å². The average molecular weight is 348 g/mol. The molecule has 0 spiro atoms. The molecule has 2 aromatic heterocycles. The maximum absolute atomic E-state index is 5.75. The average Bonchev–Trinajstić information content (AvgIpc) is 3.03. The lowest BCUT2D eigenvalue weighted by Gasteiger charge is -2.02. The molecule has 0 saturated carbocycles. The van der Waals surface area contributed by atoms with Crippen molar-refractivity contribution in [3.8, 4) is 17.4 Å². The number of nitrogens with zero attached hydrogens (tertiary/aromatic N) is 2. The minimum atomic E-state index is -1.77. The molecule has 3 rings (SSSR count). The van der Waals surface area contributed by atoms with Crippen LogP contribution in [0.5, 0.6) is 5.75 Å². The van der Waals surface area contributed by atoms with Crippen LogP contribution in [0, 0.1) is 6.92 Å². The number of ether oxygens (including phenoxy) is 1. The van der Waals surface area contributed by atoms with E-state index in [0.29, 0.717) is 17.1 Å². The van der Waals surface area contributed by atoms with Gasteiger partial charge in [-0.1, -0.05) is 34.8 Å². The summed E-state index contributed by atoms with van der Waals surface area (Å²) in [7, 11) is 1.59. The molecule has 0 unspecified atom stereocenters. The molecule has 8 heteroatoms. The molecule has 0 aliphatic carbocycles. The standard InChI is InChI=1S/C13H9Cl3N2O3/c1-6-8-4-3-7(19-2)5-9(8)20-10(6)11-17-18-12(21-11)13(14,15)16/h3-5H,1-2H3. The molecule has 0 amide bonds. The van der Waals surface area contributed by atoms with Crippen molar-refractivity contribution >= 4 is 45.8 Å². The lowest BCUT2D eigenvalue weighted by atomic mass is 10.1. The van der Waals surface area contributed by atoms with Gasteiger partial charge in [-0.05, 0) is 19.1 Å². The minimum absolute atomic E-state index is 0.111. The van der Waals surface area contributed by atoms with E-state index in [1.165, 1.54) is 0 Å². The van der Waals surface area contributed by atoms with Crippen LogP contribution in [0.3, 0.4) is 0 Å². The summed E-state index contributed by atoms with van der Waals surface area (Å²) in [5.74, 6) is 1.17. The van der Waals surface area contributed by atoms with E-state index in [9.17, 15) is 0 Å². The van der Waals surface area contributed by atoms with Crippen LogP contribution in [0.2, 0.25) is 0 Å². The highest BCUT2D eigenvalue weighted by Gasteiger charge is 2.31. The quantitative estimate of drug-likeness (QED) is 0.633. The molecule has 0 bridgehead atoms. The number of alkyl halides is 3. The van der Waals surface area contributed by atoms with Gasteiger partial charge >= 0.3 is 0 Å². The van der Waals surface area contributed by atoms with Crippen molar-refractivity contribution in [1.82, 2.24) is 10.2 Å². The zero-order valence-electron chi connectivity index (χ0n) is 11.0. The number of fused-ring (bicyclic) bond motifs is 1. The highest BCUT2D eigenvalue weighted by molar-refractivity contribution is 6.66. The minimum Gasteiger partial charge on any atom is -0.497 e. The van der Waals surface area contributed by atoms with Gasteiger partial charge in [-0.25, -0.2) is 0 Å². The maximum atomic E-state index is 5.75. The van der Waals surface area contributed by atoms with Gasteiger partial charge in [0.1, 0.15) is 11.3 Å². The molecule has 0 radical (unpaired) electrons. The number of furan rings is 1. The Labute approximate surface area is 134 Å².